The lowest BCUT2D eigenvalue weighted by Crippen LogP contribution is -2.31. The molecule has 0 aliphatic rings. The van der Waals surface area contributed by atoms with E-state index in [9.17, 15) is 0 Å². The van der Waals surface area contributed by atoms with Crippen molar-refractivity contribution in [1.29, 1.82) is 0 Å². The normalized spacial score (nSPS) is 10.3. The van der Waals surface area contributed by atoms with E-state index in [2.05, 4.69) is 9.88 Å². The van der Waals surface area contributed by atoms with Gasteiger partial charge in [0.2, 0.25) is 0 Å². The van der Waals surface area contributed by atoms with Gasteiger partial charge in [0.05, 0.1) is 18.9 Å². The molecule has 0 radical (unpaired) electrons. The molecule has 2 N–H and O–H groups in total. The van der Waals surface area contributed by atoms with Crippen LogP contribution in [-0.4, -0.2) is 50.5 Å². The van der Waals surface area contributed by atoms with E-state index in [1.54, 1.807) is 20.3 Å². The summed E-state index contributed by atoms with van der Waals surface area (Å²) < 4.78 is 10.2. The monoisotopic (exact) mass is 269 g/mol. The topological polar surface area (TPSA) is 60.6 Å². The molecule has 0 aliphatic carbocycles. The molecule has 0 saturated carbocycles. The molecule has 1 heterocycles. The molecule has 0 spiro atoms. The highest BCUT2D eigenvalue weighted by Gasteiger charge is 2.09. The summed E-state index contributed by atoms with van der Waals surface area (Å²) in [5.41, 5.74) is 6.21. The second-order valence-electron chi connectivity index (χ2n) is 3.72. The van der Waals surface area contributed by atoms with E-state index in [4.69, 9.17) is 27.4 Å². The lowest BCUT2D eigenvalue weighted by atomic mass is 10.3. The number of rotatable bonds is 8. The summed E-state index contributed by atoms with van der Waals surface area (Å²) in [6.07, 6.45) is 0. The van der Waals surface area contributed by atoms with E-state index in [0.717, 1.165) is 18.9 Å². The Bertz CT molecular complexity index is 379. The average molecular weight is 269 g/mol. The van der Waals surface area contributed by atoms with Crippen molar-refractivity contribution in [3.63, 3.8) is 0 Å². The molecule has 0 aliphatic heterocycles. The van der Waals surface area contributed by atoms with E-state index in [-0.39, 0.29) is 0 Å². The fourth-order valence-electron chi connectivity index (χ4n) is 1.48. The first-order valence-corrected chi connectivity index (χ1v) is 6.09. The molecule has 0 atom stereocenters. The van der Waals surface area contributed by atoms with Crippen LogP contribution in [0, 0.1) is 0 Å². The average Bonchev–Trinajstić information content (AvgIpc) is 2.39. The van der Waals surface area contributed by atoms with E-state index in [1.807, 2.05) is 12.1 Å². The van der Waals surface area contributed by atoms with Crippen LogP contribution in [0.3, 0.4) is 0 Å². The molecule has 1 aromatic heterocycles. The lowest BCUT2D eigenvalue weighted by Gasteiger charge is -2.23. The summed E-state index contributed by atoms with van der Waals surface area (Å²) >= 11 is 4.93. The maximum absolute atomic E-state index is 5.58. The van der Waals surface area contributed by atoms with Gasteiger partial charge in [-0.15, -0.1) is 0 Å². The van der Waals surface area contributed by atoms with E-state index < -0.39 is 0 Å². The van der Waals surface area contributed by atoms with Crippen LogP contribution in [0.15, 0.2) is 18.2 Å². The molecule has 0 fully saturated rings. The van der Waals surface area contributed by atoms with Gasteiger partial charge < -0.3 is 20.1 Å². The maximum atomic E-state index is 5.58. The SMILES string of the molecule is COCCN(CCOC)c1cccc(C(N)=S)n1. The molecule has 5 nitrogen and oxygen atoms in total. The number of aromatic nitrogens is 1. The molecule has 0 saturated heterocycles. The molecule has 0 unspecified atom stereocenters. The van der Waals surface area contributed by atoms with Crippen molar-refractivity contribution >= 4 is 23.0 Å². The zero-order valence-electron chi connectivity index (χ0n) is 10.8. The Kier molecular flexibility index (Phi) is 6.56. The van der Waals surface area contributed by atoms with E-state index in [1.165, 1.54) is 0 Å². The van der Waals surface area contributed by atoms with Crippen molar-refractivity contribution in [3.05, 3.63) is 23.9 Å². The van der Waals surface area contributed by atoms with Gasteiger partial charge in [0, 0.05) is 27.3 Å². The number of thiocarbonyl (C=S) groups is 1. The smallest absolute Gasteiger partial charge is 0.129 e. The van der Waals surface area contributed by atoms with Crippen LogP contribution in [0.2, 0.25) is 0 Å². The van der Waals surface area contributed by atoms with Crippen LogP contribution in [0.25, 0.3) is 0 Å². The number of hydrogen-bond acceptors (Lipinski definition) is 5. The Morgan fingerprint density at radius 3 is 2.39 bits per heavy atom. The lowest BCUT2D eigenvalue weighted by molar-refractivity contribution is 0.190. The highest BCUT2D eigenvalue weighted by Crippen LogP contribution is 2.11. The van der Waals surface area contributed by atoms with E-state index >= 15 is 0 Å². The van der Waals surface area contributed by atoms with Crippen LogP contribution in [-0.2, 0) is 9.47 Å². The predicted molar refractivity (Wildman–Crippen MR) is 76.1 cm³/mol. The quantitative estimate of drug-likeness (QED) is 0.705. The van der Waals surface area contributed by atoms with Gasteiger partial charge in [0.25, 0.3) is 0 Å². The number of pyridine rings is 1. The minimum atomic E-state index is 0.301. The predicted octanol–water partition coefficient (Wildman–Crippen LogP) is 0.815. The van der Waals surface area contributed by atoms with Crippen LogP contribution < -0.4 is 10.6 Å². The van der Waals surface area contributed by atoms with Gasteiger partial charge in [0.1, 0.15) is 10.8 Å². The Balaban J connectivity index is 2.82. The van der Waals surface area contributed by atoms with Crippen LogP contribution in [0.1, 0.15) is 5.69 Å². The van der Waals surface area contributed by atoms with Gasteiger partial charge >= 0.3 is 0 Å². The summed E-state index contributed by atoms with van der Waals surface area (Å²) in [6, 6.07) is 5.62. The van der Waals surface area contributed by atoms with Gasteiger partial charge in [-0.3, -0.25) is 0 Å². The van der Waals surface area contributed by atoms with Gasteiger partial charge in [-0.05, 0) is 12.1 Å². The Hall–Kier alpha value is -1.24. The van der Waals surface area contributed by atoms with Crippen LogP contribution in [0.5, 0.6) is 0 Å². The molecule has 18 heavy (non-hydrogen) atoms. The van der Waals surface area contributed by atoms with Gasteiger partial charge in [-0.2, -0.15) is 0 Å². The van der Waals surface area contributed by atoms with Crippen molar-refractivity contribution in [2.45, 2.75) is 0 Å². The van der Waals surface area contributed by atoms with E-state index in [0.29, 0.717) is 23.9 Å². The fraction of sp³-hybridized carbons (Fsp3) is 0.500. The number of ether oxygens (including phenoxy) is 2. The summed E-state index contributed by atoms with van der Waals surface area (Å²) in [5.74, 6) is 0.828. The summed E-state index contributed by atoms with van der Waals surface area (Å²) in [5, 5.41) is 0. The summed E-state index contributed by atoms with van der Waals surface area (Å²) in [6.45, 7) is 2.74. The minimum absolute atomic E-state index is 0.301. The first-order chi connectivity index (χ1) is 8.69. The molecule has 6 heteroatoms. The first-order valence-electron chi connectivity index (χ1n) is 5.68. The molecular formula is C12H19N3O2S. The molecule has 1 rings (SSSR count). The standard InChI is InChI=1S/C12H19N3O2S/c1-16-8-6-15(7-9-17-2)11-5-3-4-10(14-11)12(13)18/h3-5H,6-9H2,1-2H3,(H2,13,18). The zero-order valence-corrected chi connectivity index (χ0v) is 11.6. The van der Waals surface area contributed by atoms with Gasteiger partial charge in [-0.1, -0.05) is 18.3 Å². The highest BCUT2D eigenvalue weighted by molar-refractivity contribution is 7.80. The highest BCUT2D eigenvalue weighted by atomic mass is 32.1. The Morgan fingerprint density at radius 1 is 1.28 bits per heavy atom. The molecule has 0 bridgehead atoms. The number of nitrogens with zero attached hydrogens (tertiary/aromatic N) is 2. The third-order valence-electron chi connectivity index (χ3n) is 2.44. The zero-order chi connectivity index (χ0) is 13.4. The number of methoxy groups -OCH3 is 2. The molecule has 0 aromatic carbocycles. The third kappa shape index (κ3) is 4.56. The first kappa shape index (κ1) is 14.8. The van der Waals surface area contributed by atoms with Crippen LogP contribution in [0.4, 0.5) is 5.82 Å². The molecule has 0 amide bonds. The maximum Gasteiger partial charge on any atom is 0.129 e. The fourth-order valence-corrected chi connectivity index (χ4v) is 1.59. The summed E-state index contributed by atoms with van der Waals surface area (Å²) in [4.78, 5) is 6.81. The Labute approximate surface area is 113 Å². The van der Waals surface area contributed by atoms with Crippen molar-refractivity contribution in [3.8, 4) is 0 Å². The second-order valence-corrected chi connectivity index (χ2v) is 4.16. The number of hydrogen-bond donors (Lipinski definition) is 1. The van der Waals surface area contributed by atoms with Crippen molar-refractivity contribution < 1.29 is 9.47 Å². The van der Waals surface area contributed by atoms with Gasteiger partial charge in [-0.25, -0.2) is 4.98 Å². The molecular weight excluding hydrogens is 250 g/mol. The molecule has 1 aromatic rings. The van der Waals surface area contributed by atoms with Crippen molar-refractivity contribution in [1.82, 2.24) is 4.98 Å². The number of nitrogens with two attached hydrogens (primary N) is 1. The summed E-state index contributed by atoms with van der Waals surface area (Å²) in [7, 11) is 3.35. The van der Waals surface area contributed by atoms with Crippen molar-refractivity contribution in [2.24, 2.45) is 5.73 Å². The molecule has 100 valence electrons. The van der Waals surface area contributed by atoms with Crippen molar-refractivity contribution in [2.75, 3.05) is 45.4 Å². The largest absolute Gasteiger partial charge is 0.388 e. The third-order valence-corrected chi connectivity index (χ3v) is 2.65. The minimum Gasteiger partial charge on any atom is -0.388 e. The van der Waals surface area contributed by atoms with Gasteiger partial charge in [0.15, 0.2) is 0 Å². The number of anilines is 1. The second kappa shape index (κ2) is 7.97. The Morgan fingerprint density at radius 2 is 1.89 bits per heavy atom. The van der Waals surface area contributed by atoms with Crippen LogP contribution >= 0.6 is 12.2 Å².